The van der Waals surface area contributed by atoms with E-state index in [1.165, 1.54) is 11.6 Å². The van der Waals surface area contributed by atoms with E-state index in [4.69, 9.17) is 11.5 Å². The van der Waals surface area contributed by atoms with Gasteiger partial charge in [0.05, 0.1) is 0 Å². The zero-order valence-corrected chi connectivity index (χ0v) is 12.1. The van der Waals surface area contributed by atoms with Gasteiger partial charge in [0.1, 0.15) is 11.5 Å². The van der Waals surface area contributed by atoms with Crippen LogP contribution in [0.1, 0.15) is 29.0 Å². The molecular weight excluding hydrogens is 277 g/mol. The molecule has 0 bridgehead atoms. The first-order valence-electron chi connectivity index (χ1n) is 7.49. The van der Waals surface area contributed by atoms with Crippen molar-refractivity contribution in [1.29, 1.82) is 0 Å². The minimum Gasteiger partial charge on any atom is -0.399 e. The van der Waals surface area contributed by atoms with E-state index >= 15 is 0 Å². The quantitative estimate of drug-likeness (QED) is 0.708. The molecule has 3 nitrogen and oxygen atoms in total. The molecule has 0 saturated carbocycles. The Morgan fingerprint density at radius 1 is 1.18 bits per heavy atom. The van der Waals surface area contributed by atoms with Crippen molar-refractivity contribution in [2.24, 2.45) is 5.73 Å². The van der Waals surface area contributed by atoms with E-state index in [-0.39, 0.29) is 11.7 Å². The highest BCUT2D eigenvalue weighted by atomic mass is 19.1. The van der Waals surface area contributed by atoms with E-state index in [0.717, 1.165) is 35.3 Å². The zero-order chi connectivity index (χ0) is 15.3. The van der Waals surface area contributed by atoms with E-state index in [9.17, 15) is 4.39 Å². The molecule has 2 aromatic rings. The van der Waals surface area contributed by atoms with Crippen LogP contribution in [-0.2, 0) is 6.42 Å². The first kappa shape index (κ1) is 13.3. The molecule has 0 aromatic heterocycles. The molecule has 2 aromatic carbocycles. The second-order valence-electron chi connectivity index (χ2n) is 6.17. The monoisotopic (exact) mass is 295 g/mol. The molecule has 2 aliphatic rings. The van der Waals surface area contributed by atoms with Gasteiger partial charge in [-0.15, -0.1) is 0 Å². The van der Waals surface area contributed by atoms with Crippen LogP contribution in [0.5, 0.6) is 0 Å². The summed E-state index contributed by atoms with van der Waals surface area (Å²) < 4.78 is 13.6. The summed E-state index contributed by atoms with van der Waals surface area (Å²) in [6.07, 6.45) is 5.82. The minimum absolute atomic E-state index is 0.0557. The van der Waals surface area contributed by atoms with Crippen molar-refractivity contribution in [1.82, 2.24) is 0 Å². The topological polar surface area (TPSA) is 64.1 Å². The number of benzene rings is 2. The molecule has 1 aliphatic carbocycles. The minimum atomic E-state index is -0.706. The summed E-state index contributed by atoms with van der Waals surface area (Å²) in [7, 11) is 0. The average Bonchev–Trinajstić information content (AvgIpc) is 2.91. The Morgan fingerprint density at radius 2 is 2.05 bits per heavy atom. The van der Waals surface area contributed by atoms with Gasteiger partial charge < -0.3 is 16.8 Å². The lowest BCUT2D eigenvalue weighted by atomic mass is 9.84. The van der Waals surface area contributed by atoms with Gasteiger partial charge in [0.2, 0.25) is 0 Å². The first-order chi connectivity index (χ1) is 10.5. The third-order valence-electron chi connectivity index (χ3n) is 4.73. The smallest absolute Gasteiger partial charge is 0.123 e. The molecule has 0 radical (unpaired) electrons. The molecule has 0 fully saturated rings. The lowest BCUT2D eigenvalue weighted by molar-refractivity contribution is 0.467. The Balaban J connectivity index is 1.74. The van der Waals surface area contributed by atoms with Gasteiger partial charge >= 0.3 is 0 Å². The number of nitrogens with two attached hydrogens (primary N) is 2. The van der Waals surface area contributed by atoms with Crippen molar-refractivity contribution < 1.29 is 4.39 Å². The van der Waals surface area contributed by atoms with Gasteiger partial charge in [-0.3, -0.25) is 0 Å². The maximum atomic E-state index is 13.6. The number of anilines is 2. The Bertz CT molecular complexity index is 784. The van der Waals surface area contributed by atoms with E-state index in [2.05, 4.69) is 5.32 Å². The van der Waals surface area contributed by atoms with Gasteiger partial charge in [0, 0.05) is 17.3 Å². The van der Waals surface area contributed by atoms with Gasteiger partial charge in [0.15, 0.2) is 0 Å². The number of hydrogen-bond donors (Lipinski definition) is 3. The van der Waals surface area contributed by atoms with Crippen LogP contribution in [0.15, 0.2) is 42.5 Å². The summed E-state index contributed by atoms with van der Waals surface area (Å²) in [5, 5.41) is 3.42. The molecule has 5 N–H and O–H groups in total. The first-order valence-corrected chi connectivity index (χ1v) is 7.49. The van der Waals surface area contributed by atoms with Gasteiger partial charge in [-0.05, 0) is 65.9 Å². The molecular formula is C18H18FN3. The SMILES string of the molecule is Nc1ccc2c(c1)C=CC(N)(C1CCc3ccc(F)cc31)N2. The van der Waals surface area contributed by atoms with Crippen LogP contribution >= 0.6 is 0 Å². The largest absolute Gasteiger partial charge is 0.399 e. The van der Waals surface area contributed by atoms with Crippen LogP contribution in [0.4, 0.5) is 15.8 Å². The highest BCUT2D eigenvalue weighted by Gasteiger charge is 2.39. The van der Waals surface area contributed by atoms with Crippen molar-refractivity contribution in [3.63, 3.8) is 0 Å². The number of nitrogens with one attached hydrogen (secondary N) is 1. The Labute approximate surface area is 128 Å². The van der Waals surface area contributed by atoms with E-state index in [1.807, 2.05) is 36.4 Å². The number of hydrogen-bond acceptors (Lipinski definition) is 3. The molecule has 112 valence electrons. The van der Waals surface area contributed by atoms with Crippen LogP contribution in [0.25, 0.3) is 6.08 Å². The maximum Gasteiger partial charge on any atom is 0.123 e. The van der Waals surface area contributed by atoms with E-state index in [1.54, 1.807) is 6.07 Å². The fourth-order valence-corrected chi connectivity index (χ4v) is 3.61. The third-order valence-corrected chi connectivity index (χ3v) is 4.73. The zero-order valence-electron chi connectivity index (χ0n) is 12.1. The predicted molar refractivity (Wildman–Crippen MR) is 87.9 cm³/mol. The third kappa shape index (κ3) is 1.99. The normalized spacial score (nSPS) is 25.5. The summed E-state index contributed by atoms with van der Waals surface area (Å²) in [5.74, 6) is -0.151. The van der Waals surface area contributed by atoms with Crippen LogP contribution in [0.2, 0.25) is 0 Å². The molecule has 0 spiro atoms. The number of halogens is 1. The summed E-state index contributed by atoms with van der Waals surface area (Å²) in [4.78, 5) is 0. The second kappa shape index (κ2) is 4.58. The van der Waals surface area contributed by atoms with Crippen molar-refractivity contribution in [3.05, 3.63) is 65.0 Å². The number of nitrogen functional groups attached to an aromatic ring is 1. The lowest BCUT2D eigenvalue weighted by Crippen LogP contribution is -2.51. The molecule has 1 aliphatic heterocycles. The summed E-state index contributed by atoms with van der Waals surface area (Å²) in [6, 6.07) is 10.7. The van der Waals surface area contributed by atoms with Crippen LogP contribution < -0.4 is 16.8 Å². The second-order valence-corrected chi connectivity index (χ2v) is 6.17. The highest BCUT2D eigenvalue weighted by Crippen LogP contribution is 2.43. The standard InChI is InChI=1S/C18H18FN3/c19-13-3-1-11-2-5-16(15(11)10-13)18(21)8-7-12-9-14(20)4-6-17(12)22-18/h1,3-4,6-10,16,22H,2,5,20-21H2. The van der Waals surface area contributed by atoms with Crippen molar-refractivity contribution in [2.45, 2.75) is 24.4 Å². The lowest BCUT2D eigenvalue weighted by Gasteiger charge is -2.38. The van der Waals surface area contributed by atoms with Gasteiger partial charge in [-0.1, -0.05) is 12.1 Å². The van der Waals surface area contributed by atoms with Crippen LogP contribution in [-0.4, -0.2) is 5.66 Å². The molecule has 22 heavy (non-hydrogen) atoms. The number of fused-ring (bicyclic) bond motifs is 2. The molecule has 2 unspecified atom stereocenters. The van der Waals surface area contributed by atoms with E-state index in [0.29, 0.717) is 0 Å². The van der Waals surface area contributed by atoms with Crippen molar-refractivity contribution in [2.75, 3.05) is 11.1 Å². The molecule has 0 amide bonds. The van der Waals surface area contributed by atoms with E-state index < -0.39 is 5.66 Å². The summed E-state index contributed by atoms with van der Waals surface area (Å²) >= 11 is 0. The van der Waals surface area contributed by atoms with Crippen molar-refractivity contribution in [3.8, 4) is 0 Å². The maximum absolute atomic E-state index is 13.6. The summed E-state index contributed by atoms with van der Waals surface area (Å²) in [5.41, 5.74) is 16.7. The molecule has 2 atom stereocenters. The Kier molecular flexibility index (Phi) is 2.78. The predicted octanol–water partition coefficient (Wildman–Crippen LogP) is 3.23. The molecule has 1 heterocycles. The molecule has 4 rings (SSSR count). The molecule has 4 heteroatoms. The van der Waals surface area contributed by atoms with Crippen molar-refractivity contribution >= 4 is 17.5 Å². The van der Waals surface area contributed by atoms with Crippen LogP contribution in [0.3, 0.4) is 0 Å². The Morgan fingerprint density at radius 3 is 2.91 bits per heavy atom. The fourth-order valence-electron chi connectivity index (χ4n) is 3.61. The summed E-state index contributed by atoms with van der Waals surface area (Å²) in [6.45, 7) is 0. The van der Waals surface area contributed by atoms with Gasteiger partial charge in [-0.2, -0.15) is 0 Å². The fraction of sp³-hybridized carbons (Fsp3) is 0.222. The number of rotatable bonds is 1. The van der Waals surface area contributed by atoms with Crippen LogP contribution in [0, 0.1) is 5.82 Å². The Hall–Kier alpha value is -2.33. The number of aryl methyl sites for hydroxylation is 1. The highest BCUT2D eigenvalue weighted by molar-refractivity contribution is 5.75. The molecule has 0 saturated heterocycles. The average molecular weight is 295 g/mol. The van der Waals surface area contributed by atoms with Gasteiger partial charge in [0.25, 0.3) is 0 Å². The van der Waals surface area contributed by atoms with Gasteiger partial charge in [-0.25, -0.2) is 4.39 Å².